The summed E-state index contributed by atoms with van der Waals surface area (Å²) in [4.78, 5) is 30.2. The molecule has 1 fully saturated rings. The summed E-state index contributed by atoms with van der Waals surface area (Å²) in [7, 11) is 0. The molecule has 1 aromatic heterocycles. The van der Waals surface area contributed by atoms with Gasteiger partial charge in [-0.2, -0.15) is 0 Å². The van der Waals surface area contributed by atoms with Gasteiger partial charge in [0.05, 0.1) is 11.2 Å². The molecule has 1 N–H and O–H groups in total. The first-order valence-electron chi connectivity index (χ1n) is 7.97. The maximum absolute atomic E-state index is 12.5. The van der Waals surface area contributed by atoms with Crippen molar-refractivity contribution in [3.8, 4) is 0 Å². The summed E-state index contributed by atoms with van der Waals surface area (Å²) in [5.41, 5.74) is 2.50. The molecule has 2 aromatic rings. The lowest BCUT2D eigenvalue weighted by Crippen LogP contribution is -2.40. The van der Waals surface area contributed by atoms with Crippen LogP contribution in [0.3, 0.4) is 0 Å². The Kier molecular flexibility index (Phi) is 4.28. The van der Waals surface area contributed by atoms with Crippen molar-refractivity contribution >= 4 is 28.4 Å². The topological polar surface area (TPSA) is 62.3 Å². The Balaban J connectivity index is 1.74. The van der Waals surface area contributed by atoms with Crippen LogP contribution in [0, 0.1) is 12.8 Å². The van der Waals surface area contributed by atoms with Gasteiger partial charge in [0.1, 0.15) is 0 Å². The molecule has 5 nitrogen and oxygen atoms in total. The second-order valence-electron chi connectivity index (χ2n) is 6.10. The number of hydrogen-bond donors (Lipinski definition) is 1. The molecule has 0 radical (unpaired) electrons. The Hall–Kier alpha value is -2.43. The van der Waals surface area contributed by atoms with Crippen molar-refractivity contribution in [1.29, 1.82) is 0 Å². The summed E-state index contributed by atoms with van der Waals surface area (Å²) in [6.45, 7) is 4.82. The number of amides is 2. The van der Waals surface area contributed by atoms with E-state index in [1.54, 1.807) is 11.8 Å². The Morgan fingerprint density at radius 3 is 2.61 bits per heavy atom. The van der Waals surface area contributed by atoms with E-state index in [-0.39, 0.29) is 17.7 Å². The number of rotatable bonds is 2. The van der Waals surface area contributed by atoms with E-state index in [9.17, 15) is 9.59 Å². The lowest BCUT2D eigenvalue weighted by molar-refractivity contribution is -0.132. The number of benzene rings is 1. The zero-order valence-electron chi connectivity index (χ0n) is 13.5. The third kappa shape index (κ3) is 3.33. The average Bonchev–Trinajstić information content (AvgIpc) is 2.55. The van der Waals surface area contributed by atoms with Crippen LogP contribution in [0.4, 0.5) is 5.69 Å². The van der Waals surface area contributed by atoms with Crippen LogP contribution < -0.4 is 5.32 Å². The van der Waals surface area contributed by atoms with Crippen molar-refractivity contribution < 1.29 is 9.59 Å². The number of fused-ring (bicyclic) bond motifs is 1. The van der Waals surface area contributed by atoms with E-state index in [1.807, 2.05) is 37.3 Å². The van der Waals surface area contributed by atoms with E-state index in [0.717, 1.165) is 22.3 Å². The number of likely N-dealkylation sites (tertiary alicyclic amines) is 1. The van der Waals surface area contributed by atoms with Gasteiger partial charge >= 0.3 is 0 Å². The molecule has 1 saturated heterocycles. The minimum atomic E-state index is -0.0503. The molecule has 0 spiro atoms. The van der Waals surface area contributed by atoms with E-state index in [2.05, 4.69) is 10.3 Å². The molecule has 0 bridgehead atoms. The van der Waals surface area contributed by atoms with Gasteiger partial charge in [0.25, 0.3) is 0 Å². The van der Waals surface area contributed by atoms with Crippen molar-refractivity contribution in [2.45, 2.75) is 26.7 Å². The van der Waals surface area contributed by atoms with E-state index < -0.39 is 0 Å². The summed E-state index contributed by atoms with van der Waals surface area (Å²) in [5, 5.41) is 4.03. The van der Waals surface area contributed by atoms with Gasteiger partial charge in [0, 0.05) is 37.0 Å². The highest BCUT2D eigenvalue weighted by Crippen LogP contribution is 2.24. The molecular weight excluding hydrogens is 290 g/mol. The SMILES string of the molecule is CC(=O)N1CCC(C(=O)Nc2cccc3ccc(C)nc23)CC1. The summed E-state index contributed by atoms with van der Waals surface area (Å²) in [5.74, 6) is 0.0484. The molecule has 3 rings (SSSR count). The second kappa shape index (κ2) is 6.36. The molecule has 5 heteroatoms. The predicted octanol–water partition coefficient (Wildman–Crippen LogP) is 2.74. The smallest absolute Gasteiger partial charge is 0.227 e. The predicted molar refractivity (Wildman–Crippen MR) is 90.1 cm³/mol. The van der Waals surface area contributed by atoms with Crippen molar-refractivity contribution in [3.05, 3.63) is 36.0 Å². The first kappa shape index (κ1) is 15.5. The van der Waals surface area contributed by atoms with Crippen LogP contribution in [0.5, 0.6) is 0 Å². The Bertz CT molecular complexity index is 749. The third-order valence-corrected chi connectivity index (χ3v) is 4.43. The molecule has 1 aliphatic heterocycles. The fraction of sp³-hybridized carbons (Fsp3) is 0.389. The highest BCUT2D eigenvalue weighted by Gasteiger charge is 2.26. The third-order valence-electron chi connectivity index (χ3n) is 4.43. The normalized spacial score (nSPS) is 15.7. The number of para-hydroxylation sites is 1. The number of hydrogen-bond acceptors (Lipinski definition) is 3. The highest BCUT2D eigenvalue weighted by atomic mass is 16.2. The maximum Gasteiger partial charge on any atom is 0.227 e. The van der Waals surface area contributed by atoms with Gasteiger partial charge in [0.15, 0.2) is 0 Å². The first-order chi connectivity index (χ1) is 11.0. The Morgan fingerprint density at radius 1 is 1.17 bits per heavy atom. The molecule has 2 amide bonds. The molecule has 0 unspecified atom stereocenters. The van der Waals surface area contributed by atoms with Crippen LogP contribution in [0.2, 0.25) is 0 Å². The van der Waals surface area contributed by atoms with E-state index in [1.165, 1.54) is 0 Å². The van der Waals surface area contributed by atoms with Crippen molar-refractivity contribution in [2.24, 2.45) is 5.92 Å². The fourth-order valence-corrected chi connectivity index (χ4v) is 3.04. The van der Waals surface area contributed by atoms with Crippen LogP contribution in [-0.4, -0.2) is 34.8 Å². The number of piperidine rings is 1. The molecular formula is C18H21N3O2. The van der Waals surface area contributed by atoms with Gasteiger partial charge in [-0.15, -0.1) is 0 Å². The zero-order chi connectivity index (χ0) is 16.4. The minimum Gasteiger partial charge on any atom is -0.343 e. The molecule has 1 aliphatic rings. The number of aromatic nitrogens is 1. The zero-order valence-corrected chi connectivity index (χ0v) is 13.5. The number of anilines is 1. The van der Waals surface area contributed by atoms with Crippen LogP contribution >= 0.6 is 0 Å². The molecule has 0 atom stereocenters. The quantitative estimate of drug-likeness (QED) is 0.927. The van der Waals surface area contributed by atoms with Crippen LogP contribution in [0.1, 0.15) is 25.5 Å². The summed E-state index contributed by atoms with van der Waals surface area (Å²) in [6, 6.07) is 9.78. The second-order valence-corrected chi connectivity index (χ2v) is 6.10. The lowest BCUT2D eigenvalue weighted by Gasteiger charge is -2.30. The molecule has 120 valence electrons. The van der Waals surface area contributed by atoms with Crippen LogP contribution in [0.15, 0.2) is 30.3 Å². The molecule has 23 heavy (non-hydrogen) atoms. The maximum atomic E-state index is 12.5. The molecule has 0 aliphatic carbocycles. The number of carbonyl (C=O) groups is 2. The highest BCUT2D eigenvalue weighted by molar-refractivity contribution is 6.01. The summed E-state index contributed by atoms with van der Waals surface area (Å²) < 4.78 is 0. The average molecular weight is 311 g/mol. The number of aryl methyl sites for hydroxylation is 1. The lowest BCUT2D eigenvalue weighted by atomic mass is 9.95. The van der Waals surface area contributed by atoms with Crippen molar-refractivity contribution in [2.75, 3.05) is 18.4 Å². The van der Waals surface area contributed by atoms with Gasteiger partial charge < -0.3 is 10.2 Å². The molecule has 1 aromatic carbocycles. The van der Waals surface area contributed by atoms with Crippen LogP contribution in [0.25, 0.3) is 10.9 Å². The molecule has 0 saturated carbocycles. The van der Waals surface area contributed by atoms with Gasteiger partial charge in [-0.25, -0.2) is 0 Å². The van der Waals surface area contributed by atoms with E-state index in [4.69, 9.17) is 0 Å². The van der Waals surface area contributed by atoms with Crippen molar-refractivity contribution in [3.63, 3.8) is 0 Å². The Labute approximate surface area is 135 Å². The largest absolute Gasteiger partial charge is 0.343 e. The number of nitrogens with one attached hydrogen (secondary N) is 1. The van der Waals surface area contributed by atoms with Crippen molar-refractivity contribution in [1.82, 2.24) is 9.88 Å². The van der Waals surface area contributed by atoms with Gasteiger partial charge in [-0.05, 0) is 31.9 Å². The molecule has 2 heterocycles. The standard InChI is InChI=1S/C18H21N3O2/c1-12-6-7-14-4-3-5-16(17(14)19-12)20-18(23)15-8-10-21(11-9-15)13(2)22/h3-7,15H,8-11H2,1-2H3,(H,20,23). The van der Waals surface area contributed by atoms with Gasteiger partial charge in [0.2, 0.25) is 11.8 Å². The fourth-order valence-electron chi connectivity index (χ4n) is 3.04. The number of nitrogens with zero attached hydrogens (tertiary/aromatic N) is 2. The van der Waals surface area contributed by atoms with Crippen LogP contribution in [-0.2, 0) is 9.59 Å². The monoisotopic (exact) mass is 311 g/mol. The Morgan fingerprint density at radius 2 is 1.91 bits per heavy atom. The summed E-state index contributed by atoms with van der Waals surface area (Å²) in [6.07, 6.45) is 1.42. The van der Waals surface area contributed by atoms with Gasteiger partial charge in [-0.3, -0.25) is 14.6 Å². The summed E-state index contributed by atoms with van der Waals surface area (Å²) >= 11 is 0. The van der Waals surface area contributed by atoms with Gasteiger partial charge in [-0.1, -0.05) is 18.2 Å². The minimum absolute atomic E-state index is 0.0176. The number of carbonyl (C=O) groups excluding carboxylic acids is 2. The van der Waals surface area contributed by atoms with E-state index >= 15 is 0 Å². The number of pyridine rings is 1. The van der Waals surface area contributed by atoms with E-state index in [0.29, 0.717) is 25.9 Å². The first-order valence-corrected chi connectivity index (χ1v) is 7.97.